The van der Waals surface area contributed by atoms with Gasteiger partial charge in [-0.1, -0.05) is 103 Å². The summed E-state index contributed by atoms with van der Waals surface area (Å²) in [7, 11) is 0. The van der Waals surface area contributed by atoms with Crippen molar-refractivity contribution in [1.29, 1.82) is 0 Å². The summed E-state index contributed by atoms with van der Waals surface area (Å²) in [5.41, 5.74) is 3.06. The van der Waals surface area contributed by atoms with Crippen LogP contribution in [-0.4, -0.2) is 0 Å². The number of hydrogen-bond donors (Lipinski definition) is 0. The van der Waals surface area contributed by atoms with Gasteiger partial charge in [0.2, 0.25) is 0 Å². The van der Waals surface area contributed by atoms with Crippen molar-refractivity contribution in [2.45, 2.75) is 167 Å². The van der Waals surface area contributed by atoms with E-state index in [2.05, 4.69) is 58.2 Å². The lowest BCUT2D eigenvalue weighted by Gasteiger charge is -2.05. The van der Waals surface area contributed by atoms with Crippen molar-refractivity contribution in [3.63, 3.8) is 0 Å². The first kappa shape index (κ1) is 30.8. The molecule has 38 heavy (non-hydrogen) atoms. The zero-order chi connectivity index (χ0) is 26.4. The van der Waals surface area contributed by atoms with E-state index in [4.69, 9.17) is 0 Å². The molecular formula is C36H60N2+2. The second-order valence-corrected chi connectivity index (χ2v) is 12.2. The molecule has 2 aromatic rings. The van der Waals surface area contributed by atoms with Crippen molar-refractivity contribution in [3.8, 4) is 0 Å². The predicted molar refractivity (Wildman–Crippen MR) is 162 cm³/mol. The van der Waals surface area contributed by atoms with E-state index >= 15 is 0 Å². The molecule has 0 unspecified atom stereocenters. The molecule has 4 bridgehead atoms. The Hall–Kier alpha value is -1.70. The molecule has 0 atom stereocenters. The summed E-state index contributed by atoms with van der Waals surface area (Å²) in [6.45, 7) is 2.38. The first-order valence-corrected chi connectivity index (χ1v) is 16.9. The lowest BCUT2D eigenvalue weighted by molar-refractivity contribution is -0.697. The summed E-state index contributed by atoms with van der Waals surface area (Å²) < 4.78 is 4.88. The monoisotopic (exact) mass is 520 g/mol. The Labute approximate surface area is 236 Å². The first-order valence-electron chi connectivity index (χ1n) is 16.9. The second-order valence-electron chi connectivity index (χ2n) is 12.2. The number of aromatic nitrogens is 2. The van der Waals surface area contributed by atoms with E-state index in [1.54, 1.807) is 0 Å². The van der Waals surface area contributed by atoms with Gasteiger partial charge in [-0.05, 0) is 50.7 Å². The SMILES string of the molecule is c1cc2c[n+](c1)CCCCCCCCCCCCCc1ccc[n+](c1)CCCCCCCCCCCCC2. The number of hydrogen-bond acceptors (Lipinski definition) is 0. The maximum absolute atomic E-state index is 2.44. The van der Waals surface area contributed by atoms with Crippen LogP contribution in [0, 0.1) is 0 Å². The Balaban J connectivity index is 1.34. The number of aryl methyl sites for hydroxylation is 4. The Morgan fingerprint density at radius 3 is 0.974 bits per heavy atom. The molecule has 2 aromatic heterocycles. The highest BCUT2D eigenvalue weighted by Crippen LogP contribution is 2.14. The van der Waals surface area contributed by atoms with Gasteiger partial charge in [-0.25, -0.2) is 9.13 Å². The summed E-state index contributed by atoms with van der Waals surface area (Å²) in [5, 5.41) is 0. The molecule has 212 valence electrons. The van der Waals surface area contributed by atoms with Crippen molar-refractivity contribution in [2.75, 3.05) is 0 Å². The molecule has 0 amide bonds. The van der Waals surface area contributed by atoms with Crippen molar-refractivity contribution < 1.29 is 9.13 Å². The smallest absolute Gasteiger partial charge is 0.171 e. The molecular weight excluding hydrogens is 460 g/mol. The third-order valence-electron chi connectivity index (χ3n) is 8.60. The summed E-state index contributed by atoms with van der Waals surface area (Å²) in [5.74, 6) is 0. The molecule has 3 heterocycles. The number of nitrogens with zero attached hydrogens (tertiary/aromatic N) is 2. The Bertz CT molecular complexity index is 702. The van der Waals surface area contributed by atoms with Crippen LogP contribution < -0.4 is 9.13 Å². The van der Waals surface area contributed by atoms with Crippen LogP contribution in [0.2, 0.25) is 0 Å². The van der Waals surface area contributed by atoms with Crippen LogP contribution in [0.15, 0.2) is 49.1 Å². The molecule has 0 N–H and O–H groups in total. The van der Waals surface area contributed by atoms with E-state index in [9.17, 15) is 0 Å². The Kier molecular flexibility index (Phi) is 17.2. The van der Waals surface area contributed by atoms with E-state index in [1.165, 1.54) is 178 Å². The second kappa shape index (κ2) is 21.2. The highest BCUT2D eigenvalue weighted by atomic mass is 14.9. The largest absolute Gasteiger partial charge is 0.205 e. The maximum atomic E-state index is 2.44. The van der Waals surface area contributed by atoms with Gasteiger partial charge in [-0.2, -0.15) is 0 Å². The van der Waals surface area contributed by atoms with Crippen molar-refractivity contribution >= 4 is 0 Å². The van der Waals surface area contributed by atoms with Crippen LogP contribution in [0.4, 0.5) is 0 Å². The molecule has 2 heteroatoms. The fourth-order valence-electron chi connectivity index (χ4n) is 6.16. The van der Waals surface area contributed by atoms with Gasteiger partial charge in [0.25, 0.3) is 0 Å². The molecule has 0 fully saturated rings. The van der Waals surface area contributed by atoms with Crippen LogP contribution in [0.3, 0.4) is 0 Å². The van der Waals surface area contributed by atoms with Crippen LogP contribution in [0.5, 0.6) is 0 Å². The zero-order valence-electron chi connectivity index (χ0n) is 24.9. The van der Waals surface area contributed by atoms with Crippen LogP contribution in [0.25, 0.3) is 0 Å². The number of pyridine rings is 2. The van der Waals surface area contributed by atoms with E-state index < -0.39 is 0 Å². The summed E-state index contributed by atoms with van der Waals surface area (Å²) in [4.78, 5) is 0. The maximum Gasteiger partial charge on any atom is 0.171 e. The van der Waals surface area contributed by atoms with Crippen LogP contribution in [-0.2, 0) is 25.9 Å². The van der Waals surface area contributed by atoms with Gasteiger partial charge in [-0.3, -0.25) is 0 Å². The molecule has 0 saturated carbocycles. The molecule has 0 spiro atoms. The minimum Gasteiger partial charge on any atom is -0.205 e. The van der Waals surface area contributed by atoms with Gasteiger partial charge in [0.05, 0.1) is 0 Å². The van der Waals surface area contributed by atoms with Gasteiger partial charge in [0.1, 0.15) is 13.1 Å². The molecule has 1 aliphatic heterocycles. The number of fused-ring (bicyclic) bond motifs is 4. The molecule has 0 aliphatic carbocycles. The zero-order valence-corrected chi connectivity index (χ0v) is 24.9. The quantitative estimate of drug-likeness (QED) is 0.305. The van der Waals surface area contributed by atoms with E-state index in [-0.39, 0.29) is 0 Å². The minimum absolute atomic E-state index is 1.19. The number of rotatable bonds is 0. The summed E-state index contributed by atoms with van der Waals surface area (Å²) in [6.07, 6.45) is 42.8. The average molecular weight is 521 g/mol. The van der Waals surface area contributed by atoms with E-state index in [1.807, 2.05) is 0 Å². The highest BCUT2D eigenvalue weighted by molar-refractivity contribution is 5.05. The van der Waals surface area contributed by atoms with Gasteiger partial charge < -0.3 is 0 Å². The van der Waals surface area contributed by atoms with Crippen molar-refractivity contribution in [2.24, 2.45) is 0 Å². The summed E-state index contributed by atoms with van der Waals surface area (Å²) >= 11 is 0. The van der Waals surface area contributed by atoms with Crippen molar-refractivity contribution in [1.82, 2.24) is 0 Å². The Morgan fingerprint density at radius 2 is 0.632 bits per heavy atom. The lowest BCUT2D eigenvalue weighted by atomic mass is 10.0. The first-order chi connectivity index (χ1) is 18.9. The lowest BCUT2D eigenvalue weighted by Crippen LogP contribution is -2.33. The van der Waals surface area contributed by atoms with E-state index in [0.717, 1.165) is 0 Å². The molecule has 0 radical (unpaired) electrons. The Morgan fingerprint density at radius 1 is 0.342 bits per heavy atom. The minimum atomic E-state index is 1.19. The molecule has 0 saturated heterocycles. The molecule has 1 aliphatic rings. The topological polar surface area (TPSA) is 7.76 Å². The van der Waals surface area contributed by atoms with Gasteiger partial charge in [0, 0.05) is 36.1 Å². The predicted octanol–water partition coefficient (Wildman–Crippen LogP) is 9.64. The fraction of sp³-hybridized carbons (Fsp3) is 0.722. The van der Waals surface area contributed by atoms with Crippen LogP contribution in [0.1, 0.15) is 152 Å². The van der Waals surface area contributed by atoms with Gasteiger partial charge >= 0.3 is 0 Å². The average Bonchev–Trinajstić information content (AvgIpc) is 2.94. The normalized spacial score (nSPS) is 20.0. The molecule has 3 rings (SSSR count). The highest BCUT2D eigenvalue weighted by Gasteiger charge is 2.05. The molecule has 2 nitrogen and oxygen atoms in total. The standard InChI is InChI=1S/C36H60N2/c1-3-7-11-15-19-25-35-27-23-32-38(33-35)30-22-18-14-10-6-2-4-8-12-16-20-26-36-28-24-31-37(34-36)29-21-17-13-9-5-1/h23-24,27-28,31-34H,1-22,25-26,29-30H2/q+2. The third kappa shape index (κ3) is 15.0. The molecule has 0 aromatic carbocycles. The van der Waals surface area contributed by atoms with Crippen molar-refractivity contribution in [3.05, 3.63) is 60.2 Å². The van der Waals surface area contributed by atoms with Gasteiger partial charge in [-0.15, -0.1) is 0 Å². The van der Waals surface area contributed by atoms with E-state index in [0.29, 0.717) is 0 Å². The van der Waals surface area contributed by atoms with Gasteiger partial charge in [0.15, 0.2) is 24.8 Å². The third-order valence-corrected chi connectivity index (χ3v) is 8.60. The fourth-order valence-corrected chi connectivity index (χ4v) is 6.16. The van der Waals surface area contributed by atoms with Crippen LogP contribution >= 0.6 is 0 Å². The summed E-state index contributed by atoms with van der Waals surface area (Å²) in [6, 6.07) is 9.19.